The van der Waals surface area contributed by atoms with E-state index in [9.17, 15) is 15.0 Å². The Kier molecular flexibility index (Phi) is 5.65. The van der Waals surface area contributed by atoms with Gasteiger partial charge < -0.3 is 25.4 Å². The quantitative estimate of drug-likeness (QED) is 0.407. The van der Waals surface area contributed by atoms with Crippen LogP contribution in [0.3, 0.4) is 0 Å². The molecule has 128 valence electrons. The first-order chi connectivity index (χ1) is 11.4. The minimum Gasteiger partial charge on any atom is -0.504 e. The number of aromatic hydroxyl groups is 2. The van der Waals surface area contributed by atoms with E-state index < -0.39 is 11.5 Å². The first-order valence-corrected chi connectivity index (χ1v) is 7.53. The Balaban J connectivity index is 1.82. The zero-order chi connectivity index (χ0) is 17.6. The van der Waals surface area contributed by atoms with Crippen molar-refractivity contribution in [1.82, 2.24) is 0 Å². The summed E-state index contributed by atoms with van der Waals surface area (Å²) in [5, 5.41) is 18.8. The number of esters is 1. The molecule has 0 unspecified atom stereocenters. The molecular formula is C18H21NO5. The van der Waals surface area contributed by atoms with Gasteiger partial charge in [0.25, 0.3) is 0 Å². The average molecular weight is 331 g/mol. The number of nitrogens with two attached hydrogens (primary N) is 1. The summed E-state index contributed by atoms with van der Waals surface area (Å²) >= 11 is 0. The van der Waals surface area contributed by atoms with Gasteiger partial charge >= 0.3 is 5.97 Å². The van der Waals surface area contributed by atoms with Crippen molar-refractivity contribution in [3.05, 3.63) is 54.1 Å². The van der Waals surface area contributed by atoms with Crippen molar-refractivity contribution in [3.63, 3.8) is 0 Å². The molecular weight excluding hydrogens is 310 g/mol. The highest BCUT2D eigenvalue weighted by Crippen LogP contribution is 2.26. The van der Waals surface area contributed by atoms with E-state index in [1.807, 2.05) is 30.3 Å². The Bertz CT molecular complexity index is 685. The summed E-state index contributed by atoms with van der Waals surface area (Å²) in [6.45, 7) is 1.87. The van der Waals surface area contributed by atoms with Crippen LogP contribution in [0.4, 0.5) is 0 Å². The number of phenols is 2. The van der Waals surface area contributed by atoms with Crippen molar-refractivity contribution in [2.24, 2.45) is 5.73 Å². The van der Waals surface area contributed by atoms with Crippen LogP contribution >= 0.6 is 0 Å². The Morgan fingerprint density at radius 2 is 1.79 bits per heavy atom. The van der Waals surface area contributed by atoms with Gasteiger partial charge in [-0.3, -0.25) is 4.79 Å². The number of carbonyl (C=O) groups excluding carboxylic acids is 1. The maximum absolute atomic E-state index is 12.1. The van der Waals surface area contributed by atoms with Gasteiger partial charge in [0.15, 0.2) is 11.5 Å². The maximum Gasteiger partial charge on any atom is 0.326 e. The zero-order valence-corrected chi connectivity index (χ0v) is 13.4. The van der Waals surface area contributed by atoms with Crippen molar-refractivity contribution < 1.29 is 24.5 Å². The zero-order valence-electron chi connectivity index (χ0n) is 13.4. The van der Waals surface area contributed by atoms with Crippen LogP contribution in [0.2, 0.25) is 0 Å². The second kappa shape index (κ2) is 7.70. The number of ether oxygens (including phenoxy) is 2. The number of phenolic OH excluding ortho intramolecular Hbond substituents is 2. The molecule has 6 nitrogen and oxygen atoms in total. The number of hydrogen-bond acceptors (Lipinski definition) is 6. The van der Waals surface area contributed by atoms with E-state index in [0.29, 0.717) is 11.3 Å². The topological polar surface area (TPSA) is 102 Å². The molecule has 2 aromatic rings. The third-order valence-corrected chi connectivity index (χ3v) is 3.41. The molecule has 0 fully saturated rings. The van der Waals surface area contributed by atoms with Gasteiger partial charge in [0.05, 0.1) is 0 Å². The molecule has 6 heteroatoms. The smallest absolute Gasteiger partial charge is 0.326 e. The first-order valence-electron chi connectivity index (χ1n) is 7.53. The van der Waals surface area contributed by atoms with Crippen LogP contribution in [0.15, 0.2) is 48.5 Å². The van der Waals surface area contributed by atoms with E-state index in [1.54, 1.807) is 13.0 Å². The molecule has 2 rings (SSSR count). The third kappa shape index (κ3) is 4.89. The van der Waals surface area contributed by atoms with Gasteiger partial charge in [-0.15, -0.1) is 0 Å². The summed E-state index contributed by atoms with van der Waals surface area (Å²) in [6.07, 6.45) is 0.166. The minimum absolute atomic E-state index is 0.0847. The van der Waals surface area contributed by atoms with Gasteiger partial charge in [-0.05, 0) is 36.8 Å². The van der Waals surface area contributed by atoms with Crippen molar-refractivity contribution >= 4 is 5.97 Å². The summed E-state index contributed by atoms with van der Waals surface area (Å²) in [4.78, 5) is 12.1. The predicted octanol–water partition coefficient (Wildman–Crippen LogP) is 1.98. The molecule has 0 aliphatic carbocycles. The average Bonchev–Trinajstić information content (AvgIpc) is 2.55. The highest BCUT2D eigenvalue weighted by atomic mass is 16.6. The monoisotopic (exact) mass is 331 g/mol. The van der Waals surface area contributed by atoms with E-state index in [2.05, 4.69) is 0 Å². The van der Waals surface area contributed by atoms with E-state index in [0.717, 1.165) is 0 Å². The van der Waals surface area contributed by atoms with E-state index in [1.165, 1.54) is 12.1 Å². The standard InChI is InChI=1S/C18H21NO5/c1-18(19,12-13-7-8-15(20)16(21)11-13)17(22)24-10-9-23-14-5-3-2-4-6-14/h2-8,11,20-21H,9-10,12,19H2,1H3/t18-/m0/s1. The van der Waals surface area contributed by atoms with E-state index >= 15 is 0 Å². The Morgan fingerprint density at radius 3 is 2.46 bits per heavy atom. The first kappa shape index (κ1) is 17.6. The second-order valence-electron chi connectivity index (χ2n) is 5.71. The Morgan fingerprint density at radius 1 is 1.08 bits per heavy atom. The summed E-state index contributed by atoms with van der Waals surface area (Å²) in [5.41, 5.74) is 5.38. The summed E-state index contributed by atoms with van der Waals surface area (Å²) < 4.78 is 10.6. The lowest BCUT2D eigenvalue weighted by molar-refractivity contribution is -0.150. The Labute approximate surface area is 140 Å². The summed E-state index contributed by atoms with van der Waals surface area (Å²) in [7, 11) is 0. The lowest BCUT2D eigenvalue weighted by Crippen LogP contribution is -2.48. The van der Waals surface area contributed by atoms with Gasteiger partial charge in [-0.1, -0.05) is 24.3 Å². The molecule has 24 heavy (non-hydrogen) atoms. The van der Waals surface area contributed by atoms with Crippen LogP contribution in [0.5, 0.6) is 17.2 Å². The maximum atomic E-state index is 12.1. The molecule has 0 saturated carbocycles. The summed E-state index contributed by atoms with van der Waals surface area (Å²) in [5.74, 6) is -0.346. The molecule has 0 amide bonds. The van der Waals surface area contributed by atoms with E-state index in [4.69, 9.17) is 15.2 Å². The number of hydrogen-bond donors (Lipinski definition) is 3. The summed E-state index contributed by atoms with van der Waals surface area (Å²) in [6, 6.07) is 13.5. The molecule has 0 heterocycles. The molecule has 0 aromatic heterocycles. The van der Waals surface area contributed by atoms with Gasteiger partial charge in [0, 0.05) is 6.42 Å². The van der Waals surface area contributed by atoms with Crippen LogP contribution in [0.25, 0.3) is 0 Å². The normalized spacial score (nSPS) is 13.1. The van der Waals surface area contributed by atoms with Crippen molar-refractivity contribution in [2.45, 2.75) is 18.9 Å². The van der Waals surface area contributed by atoms with Crippen LogP contribution in [-0.4, -0.2) is 34.9 Å². The third-order valence-electron chi connectivity index (χ3n) is 3.41. The lowest BCUT2D eigenvalue weighted by atomic mass is 9.94. The molecule has 4 N–H and O–H groups in total. The molecule has 0 aliphatic heterocycles. The number of benzene rings is 2. The highest BCUT2D eigenvalue weighted by molar-refractivity contribution is 5.80. The minimum atomic E-state index is -1.25. The van der Waals surface area contributed by atoms with Crippen molar-refractivity contribution in [1.29, 1.82) is 0 Å². The number of carbonyl (C=O) groups is 1. The molecule has 0 spiro atoms. The van der Waals surface area contributed by atoms with Crippen molar-refractivity contribution in [3.8, 4) is 17.2 Å². The van der Waals surface area contributed by atoms with E-state index in [-0.39, 0.29) is 31.1 Å². The van der Waals surface area contributed by atoms with Crippen molar-refractivity contribution in [2.75, 3.05) is 13.2 Å². The fourth-order valence-corrected chi connectivity index (χ4v) is 2.15. The van der Waals surface area contributed by atoms with Gasteiger partial charge in [-0.25, -0.2) is 0 Å². The number of para-hydroxylation sites is 1. The highest BCUT2D eigenvalue weighted by Gasteiger charge is 2.30. The Hall–Kier alpha value is -2.73. The number of rotatable bonds is 7. The molecule has 0 bridgehead atoms. The van der Waals surface area contributed by atoms with Crippen LogP contribution in [-0.2, 0) is 16.0 Å². The van der Waals surface area contributed by atoms with Gasteiger partial charge in [0.2, 0.25) is 0 Å². The second-order valence-corrected chi connectivity index (χ2v) is 5.71. The van der Waals surface area contributed by atoms with Crippen LogP contribution in [0, 0.1) is 0 Å². The lowest BCUT2D eigenvalue weighted by Gasteiger charge is -2.22. The molecule has 0 radical (unpaired) electrons. The SMILES string of the molecule is C[C@](N)(Cc1ccc(O)c(O)c1)C(=O)OCCOc1ccccc1. The fraction of sp³-hybridized carbons (Fsp3) is 0.278. The van der Waals surface area contributed by atoms with Crippen LogP contribution in [0.1, 0.15) is 12.5 Å². The molecule has 0 aliphatic rings. The molecule has 2 aromatic carbocycles. The predicted molar refractivity (Wildman–Crippen MR) is 89.0 cm³/mol. The fourth-order valence-electron chi connectivity index (χ4n) is 2.15. The molecule has 1 atom stereocenters. The van der Waals surface area contributed by atoms with Crippen LogP contribution < -0.4 is 10.5 Å². The van der Waals surface area contributed by atoms with Gasteiger partial charge in [0.1, 0.15) is 24.5 Å². The van der Waals surface area contributed by atoms with Gasteiger partial charge in [-0.2, -0.15) is 0 Å². The largest absolute Gasteiger partial charge is 0.504 e. The molecule has 0 saturated heterocycles.